The summed E-state index contributed by atoms with van der Waals surface area (Å²) in [5, 5.41) is 16.2. The van der Waals surface area contributed by atoms with Gasteiger partial charge in [-0.15, -0.1) is 6.42 Å². The van der Waals surface area contributed by atoms with E-state index < -0.39 is 50.2 Å². The van der Waals surface area contributed by atoms with E-state index in [1.54, 1.807) is 51.1 Å². The predicted octanol–water partition coefficient (Wildman–Crippen LogP) is 2.26. The van der Waals surface area contributed by atoms with E-state index in [4.69, 9.17) is 24.9 Å². The second kappa shape index (κ2) is 11.5. The molecule has 1 aromatic rings. The van der Waals surface area contributed by atoms with Crippen LogP contribution in [-0.2, 0) is 28.2 Å². The molecule has 0 aliphatic carbocycles. The molecule has 12 heteroatoms. The summed E-state index contributed by atoms with van der Waals surface area (Å²) >= 11 is 0. The summed E-state index contributed by atoms with van der Waals surface area (Å²) in [6.45, 7) is 9.85. The summed E-state index contributed by atoms with van der Waals surface area (Å²) in [6.07, 6.45) is 4.89. The Kier molecular flexibility index (Phi) is 8.84. The van der Waals surface area contributed by atoms with Crippen LogP contribution in [0.5, 0.6) is 5.75 Å². The summed E-state index contributed by atoms with van der Waals surface area (Å²) in [5.41, 5.74) is -1.25. The fourth-order valence-corrected chi connectivity index (χ4v) is 5.27. The van der Waals surface area contributed by atoms with Gasteiger partial charge in [0.1, 0.15) is 35.2 Å². The van der Waals surface area contributed by atoms with Crippen LogP contribution in [-0.4, -0.2) is 59.1 Å². The van der Waals surface area contributed by atoms with Crippen molar-refractivity contribution in [3.63, 3.8) is 0 Å². The third kappa shape index (κ3) is 6.60. The Morgan fingerprint density at radius 2 is 2.05 bits per heavy atom. The highest BCUT2D eigenvalue weighted by molar-refractivity contribution is 7.52. The maximum absolute atomic E-state index is 13.7. The van der Waals surface area contributed by atoms with Crippen molar-refractivity contribution in [2.45, 2.75) is 58.3 Å². The van der Waals surface area contributed by atoms with Crippen molar-refractivity contribution in [1.82, 2.24) is 15.3 Å². The highest BCUT2D eigenvalue weighted by Gasteiger charge is 2.55. The van der Waals surface area contributed by atoms with Crippen LogP contribution in [0.25, 0.3) is 0 Å². The fraction of sp³-hybridized carbons (Fsp3) is 0.440. The summed E-state index contributed by atoms with van der Waals surface area (Å²) in [7, 11) is -4.19. The molecule has 200 valence electrons. The van der Waals surface area contributed by atoms with Crippen molar-refractivity contribution in [2.75, 3.05) is 6.61 Å². The van der Waals surface area contributed by atoms with Gasteiger partial charge in [0.05, 0.1) is 12.7 Å². The number of amides is 1. The van der Waals surface area contributed by atoms with Gasteiger partial charge in [0.15, 0.2) is 6.23 Å². The normalized spacial score (nSPS) is 27.8. The Bertz CT molecular complexity index is 1130. The van der Waals surface area contributed by atoms with Crippen LogP contribution in [0.1, 0.15) is 27.7 Å². The van der Waals surface area contributed by atoms with Gasteiger partial charge in [-0.1, -0.05) is 30.7 Å². The lowest BCUT2D eigenvalue weighted by Crippen LogP contribution is -2.48. The summed E-state index contributed by atoms with van der Waals surface area (Å²) in [5.74, 6) is 1.99. The number of aliphatic hydroxyl groups is 1. The van der Waals surface area contributed by atoms with Gasteiger partial charge in [-0.3, -0.25) is 14.1 Å². The van der Waals surface area contributed by atoms with Crippen LogP contribution in [0.4, 0.5) is 0 Å². The van der Waals surface area contributed by atoms with Crippen LogP contribution < -0.4 is 14.9 Å². The lowest BCUT2D eigenvalue weighted by atomic mass is 9.82. The molecule has 0 bridgehead atoms. The molecule has 0 saturated carbocycles. The van der Waals surface area contributed by atoms with Gasteiger partial charge in [-0.05, 0) is 39.8 Å². The van der Waals surface area contributed by atoms with E-state index in [2.05, 4.69) is 22.9 Å². The monoisotopic (exact) mass is 533 g/mol. The van der Waals surface area contributed by atoms with Gasteiger partial charge in [-0.25, -0.2) is 4.57 Å². The zero-order valence-corrected chi connectivity index (χ0v) is 22.0. The number of esters is 1. The van der Waals surface area contributed by atoms with Gasteiger partial charge >= 0.3 is 13.7 Å². The molecule has 2 aliphatic heterocycles. The number of nitrogens with one attached hydrogen (secondary N) is 2. The summed E-state index contributed by atoms with van der Waals surface area (Å²) < 4.78 is 36.2. The first-order chi connectivity index (χ1) is 17.4. The molecule has 3 rings (SSSR count). The highest BCUT2D eigenvalue weighted by Crippen LogP contribution is 2.47. The molecule has 3 N–H and O–H groups in total. The minimum atomic E-state index is -4.19. The van der Waals surface area contributed by atoms with E-state index in [1.807, 2.05) is 0 Å². The van der Waals surface area contributed by atoms with Crippen LogP contribution in [0.15, 0.2) is 55.0 Å². The molecule has 1 fully saturated rings. The third-order valence-electron chi connectivity index (χ3n) is 5.75. The SMILES string of the molecule is C#C[C@]1(C)[C@H](O)[C@@H](CO[P@](=O)(N[C@H](C)C(=O)OC(C)C)Oc2ccccc2)O[C@H]1N1C=CC(=O)NC1=C. The quantitative estimate of drug-likeness (QED) is 0.233. The van der Waals surface area contributed by atoms with Crippen molar-refractivity contribution in [2.24, 2.45) is 5.41 Å². The largest absolute Gasteiger partial charge is 0.462 e. The lowest BCUT2D eigenvalue weighted by molar-refractivity contribution is -0.149. The molecule has 2 aliphatic rings. The smallest absolute Gasteiger partial charge is 0.459 e. The molecule has 0 spiro atoms. The van der Waals surface area contributed by atoms with Gasteiger partial charge in [0.2, 0.25) is 0 Å². The van der Waals surface area contributed by atoms with Gasteiger partial charge in [-0.2, -0.15) is 5.09 Å². The molecular weight excluding hydrogens is 501 g/mol. The van der Waals surface area contributed by atoms with E-state index in [0.29, 0.717) is 0 Å². The van der Waals surface area contributed by atoms with Crippen molar-refractivity contribution in [3.8, 4) is 18.1 Å². The number of hydrogen-bond donors (Lipinski definition) is 3. The number of carbonyl (C=O) groups excluding carboxylic acids is 2. The number of para-hydroxylation sites is 1. The van der Waals surface area contributed by atoms with Gasteiger partial charge in [0.25, 0.3) is 5.91 Å². The number of hydrogen-bond acceptors (Lipinski definition) is 9. The van der Waals surface area contributed by atoms with Crippen LogP contribution in [0.2, 0.25) is 0 Å². The van der Waals surface area contributed by atoms with Crippen LogP contribution in [0, 0.1) is 17.8 Å². The number of aliphatic hydroxyl groups excluding tert-OH is 1. The van der Waals surface area contributed by atoms with E-state index >= 15 is 0 Å². The van der Waals surface area contributed by atoms with Crippen LogP contribution >= 0.6 is 7.75 Å². The predicted molar refractivity (Wildman–Crippen MR) is 134 cm³/mol. The molecule has 0 aromatic heterocycles. The Hall–Kier alpha value is -3.13. The molecule has 1 amide bonds. The van der Waals surface area contributed by atoms with Crippen molar-refractivity contribution in [3.05, 3.63) is 55.0 Å². The number of carbonyl (C=O) groups is 2. The Morgan fingerprint density at radius 3 is 2.65 bits per heavy atom. The zero-order valence-electron chi connectivity index (χ0n) is 21.1. The van der Waals surface area contributed by atoms with Gasteiger partial charge in [0, 0.05) is 12.3 Å². The van der Waals surface area contributed by atoms with Crippen molar-refractivity contribution < 1.29 is 37.8 Å². The third-order valence-corrected chi connectivity index (χ3v) is 7.39. The molecule has 0 radical (unpaired) electrons. The molecule has 11 nitrogen and oxygen atoms in total. The van der Waals surface area contributed by atoms with E-state index in [-0.39, 0.29) is 23.6 Å². The molecule has 1 aromatic carbocycles. The molecular formula is C25H32N3O8P. The second-order valence-electron chi connectivity index (χ2n) is 9.09. The molecule has 1 saturated heterocycles. The zero-order chi connectivity index (χ0) is 27.4. The number of rotatable bonds is 10. The number of ether oxygens (including phenoxy) is 2. The summed E-state index contributed by atoms with van der Waals surface area (Å²) in [6, 6.07) is 7.22. The standard InChI is InChI=1S/C25H32N3O8P/c1-7-25(6)22(30)20(35-24(25)28-14-13-21(29)26-18(28)5)15-33-37(32,36-19-11-9-8-10-12-19)27-17(4)23(31)34-16(2)3/h1,8-14,16-17,20,22,24,30H,5,15H2,2-4,6H3,(H,26,29)(H,27,32)/t17-,20-,22-,24-,25-,37-/m1/s1. The summed E-state index contributed by atoms with van der Waals surface area (Å²) in [4.78, 5) is 25.5. The van der Waals surface area contributed by atoms with E-state index in [9.17, 15) is 19.3 Å². The molecule has 0 unspecified atom stereocenters. The topological polar surface area (TPSA) is 136 Å². The molecule has 6 atom stereocenters. The Balaban J connectivity index is 1.80. The maximum atomic E-state index is 13.7. The van der Waals surface area contributed by atoms with Crippen molar-refractivity contribution >= 4 is 19.6 Å². The molecule has 2 heterocycles. The number of nitrogens with zero attached hydrogens (tertiary/aromatic N) is 1. The van der Waals surface area contributed by atoms with Crippen molar-refractivity contribution in [1.29, 1.82) is 0 Å². The first-order valence-electron chi connectivity index (χ1n) is 11.6. The first-order valence-corrected chi connectivity index (χ1v) is 13.2. The minimum Gasteiger partial charge on any atom is -0.462 e. The lowest BCUT2D eigenvalue weighted by Gasteiger charge is -2.37. The number of benzene rings is 1. The van der Waals surface area contributed by atoms with Gasteiger partial charge < -0.3 is 29.3 Å². The number of terminal acetylenes is 1. The average Bonchev–Trinajstić information content (AvgIpc) is 3.08. The highest BCUT2D eigenvalue weighted by atomic mass is 31.2. The first kappa shape index (κ1) is 28.4. The minimum absolute atomic E-state index is 0.213. The second-order valence-corrected chi connectivity index (χ2v) is 10.8. The average molecular weight is 534 g/mol. The maximum Gasteiger partial charge on any atom is 0.459 e. The van der Waals surface area contributed by atoms with E-state index in [1.165, 1.54) is 24.1 Å². The Morgan fingerprint density at radius 1 is 1.38 bits per heavy atom. The fourth-order valence-electron chi connectivity index (χ4n) is 3.77. The molecule has 37 heavy (non-hydrogen) atoms. The van der Waals surface area contributed by atoms with E-state index in [0.717, 1.165) is 0 Å². The van der Waals surface area contributed by atoms with Crippen LogP contribution in [0.3, 0.4) is 0 Å². The Labute approximate surface area is 216 Å².